The number of rotatable bonds is 4. The Bertz CT molecular complexity index is 1010. The summed E-state index contributed by atoms with van der Waals surface area (Å²) in [6, 6.07) is 3.87. The van der Waals surface area contributed by atoms with Crippen LogP contribution in [-0.4, -0.2) is 46.6 Å². The second-order valence-corrected chi connectivity index (χ2v) is 7.96. The summed E-state index contributed by atoms with van der Waals surface area (Å²) in [5, 5.41) is 0.599. The van der Waals surface area contributed by atoms with E-state index in [1.165, 1.54) is 0 Å². The lowest BCUT2D eigenvalue weighted by Gasteiger charge is -2.39. The highest BCUT2D eigenvalue weighted by molar-refractivity contribution is 6.33. The summed E-state index contributed by atoms with van der Waals surface area (Å²) in [5.41, 5.74) is 4.10. The highest BCUT2D eigenvalue weighted by Crippen LogP contribution is 2.57. The maximum absolute atomic E-state index is 6.75. The predicted octanol–water partition coefficient (Wildman–Crippen LogP) is 4.32. The number of ether oxygens (including phenoxy) is 6. The van der Waals surface area contributed by atoms with Crippen molar-refractivity contribution in [3.05, 3.63) is 39.4 Å². The summed E-state index contributed by atoms with van der Waals surface area (Å²) in [7, 11) is 7.03. The first-order valence-electron chi connectivity index (χ1n) is 9.84. The molecule has 0 N–H and O–H groups in total. The van der Waals surface area contributed by atoms with E-state index in [0.717, 1.165) is 35.2 Å². The molecule has 2 aromatic rings. The number of benzene rings is 2. The van der Waals surface area contributed by atoms with Gasteiger partial charge in [0, 0.05) is 17.7 Å². The van der Waals surface area contributed by atoms with Crippen molar-refractivity contribution in [2.24, 2.45) is 0 Å². The number of nitrogens with zero attached hydrogens (tertiary/aromatic N) is 1. The van der Waals surface area contributed by atoms with E-state index in [1.807, 2.05) is 6.07 Å². The Balaban J connectivity index is 0.00000231. The standard InChI is InChI=1S/C22H24ClNO6.ClH/c1-24-8-7-12-15(20(27-4)22-21(16(12)23)29-10-30-22)17(24)19-11-5-6-14(25-2)18(26-3)13(11)9-28-19;/h5-6,17,19H,7-10H2,1-4H3;1H/t17?,19-;/m0./s1. The molecule has 0 saturated heterocycles. The lowest BCUT2D eigenvalue weighted by atomic mass is 9.85. The number of hydrogen-bond donors (Lipinski definition) is 0. The van der Waals surface area contributed by atoms with Crippen molar-refractivity contribution in [2.75, 3.05) is 41.7 Å². The van der Waals surface area contributed by atoms with Crippen LogP contribution in [0, 0.1) is 0 Å². The molecule has 0 radical (unpaired) electrons. The van der Waals surface area contributed by atoms with E-state index < -0.39 is 0 Å². The molecule has 0 aliphatic carbocycles. The van der Waals surface area contributed by atoms with Gasteiger partial charge in [-0.05, 0) is 30.7 Å². The van der Waals surface area contributed by atoms with Gasteiger partial charge in [-0.15, -0.1) is 12.4 Å². The molecule has 0 amide bonds. The van der Waals surface area contributed by atoms with Crippen molar-refractivity contribution in [3.8, 4) is 28.7 Å². The lowest BCUT2D eigenvalue weighted by molar-refractivity contribution is -0.00481. The zero-order valence-corrected chi connectivity index (χ0v) is 19.4. The summed E-state index contributed by atoms with van der Waals surface area (Å²) < 4.78 is 34.6. The van der Waals surface area contributed by atoms with E-state index in [-0.39, 0.29) is 31.3 Å². The Morgan fingerprint density at radius 1 is 1.00 bits per heavy atom. The van der Waals surface area contributed by atoms with Crippen LogP contribution in [-0.2, 0) is 17.8 Å². The van der Waals surface area contributed by atoms with Gasteiger partial charge < -0.3 is 28.4 Å². The molecule has 3 aliphatic heterocycles. The van der Waals surface area contributed by atoms with Gasteiger partial charge in [0.1, 0.15) is 6.10 Å². The third-order valence-corrected chi connectivity index (χ3v) is 6.63. The van der Waals surface area contributed by atoms with Crippen molar-refractivity contribution in [2.45, 2.75) is 25.2 Å². The van der Waals surface area contributed by atoms with Crippen molar-refractivity contribution in [1.82, 2.24) is 4.90 Å². The summed E-state index contributed by atoms with van der Waals surface area (Å²) >= 11 is 6.75. The highest BCUT2D eigenvalue weighted by atomic mass is 35.5. The molecule has 3 aliphatic rings. The normalized spacial score (nSPS) is 21.2. The van der Waals surface area contributed by atoms with Crippen LogP contribution in [0.15, 0.2) is 12.1 Å². The second kappa shape index (κ2) is 8.47. The monoisotopic (exact) mass is 469 g/mol. The van der Waals surface area contributed by atoms with Crippen molar-refractivity contribution in [1.29, 1.82) is 0 Å². The average Bonchev–Trinajstić information content (AvgIpc) is 3.41. The minimum Gasteiger partial charge on any atom is -0.493 e. The third kappa shape index (κ3) is 3.18. The first-order chi connectivity index (χ1) is 14.6. The zero-order chi connectivity index (χ0) is 21.0. The molecule has 3 heterocycles. The molecule has 9 heteroatoms. The molecule has 2 aromatic carbocycles. The van der Waals surface area contributed by atoms with Gasteiger partial charge in [0.25, 0.3) is 0 Å². The molecule has 0 spiro atoms. The molecular formula is C22H25Cl2NO6. The predicted molar refractivity (Wildman–Crippen MR) is 118 cm³/mol. The minimum absolute atomic E-state index is 0. The minimum atomic E-state index is -0.214. The summed E-state index contributed by atoms with van der Waals surface area (Å²) in [5.74, 6) is 3.20. The first-order valence-corrected chi connectivity index (χ1v) is 10.2. The van der Waals surface area contributed by atoms with Gasteiger partial charge in [0.15, 0.2) is 23.0 Å². The van der Waals surface area contributed by atoms with Crippen LogP contribution in [0.4, 0.5) is 0 Å². The van der Waals surface area contributed by atoms with E-state index >= 15 is 0 Å². The number of methoxy groups -OCH3 is 3. The maximum atomic E-state index is 6.75. The molecule has 1 unspecified atom stereocenters. The van der Waals surface area contributed by atoms with Crippen LogP contribution >= 0.6 is 24.0 Å². The van der Waals surface area contributed by atoms with Crippen molar-refractivity contribution >= 4 is 24.0 Å². The summed E-state index contributed by atoms with van der Waals surface area (Å²) in [4.78, 5) is 2.28. The van der Waals surface area contributed by atoms with Gasteiger partial charge >= 0.3 is 0 Å². The molecule has 0 fully saturated rings. The van der Waals surface area contributed by atoms with E-state index in [2.05, 4.69) is 18.0 Å². The number of fused-ring (bicyclic) bond motifs is 3. The fourth-order valence-electron chi connectivity index (χ4n) is 4.86. The number of halogens is 2. The molecule has 2 atom stereocenters. The van der Waals surface area contributed by atoms with Crippen LogP contribution < -0.4 is 23.7 Å². The van der Waals surface area contributed by atoms with Gasteiger partial charge in [-0.1, -0.05) is 17.7 Å². The van der Waals surface area contributed by atoms with Gasteiger partial charge in [0.2, 0.25) is 12.5 Å². The summed E-state index contributed by atoms with van der Waals surface area (Å²) in [6.45, 7) is 1.41. The Hall–Kier alpha value is -2.06. The average molecular weight is 470 g/mol. The third-order valence-electron chi connectivity index (χ3n) is 6.23. The van der Waals surface area contributed by atoms with E-state index in [0.29, 0.717) is 40.4 Å². The van der Waals surface area contributed by atoms with Crippen LogP contribution in [0.2, 0.25) is 5.02 Å². The molecule has 0 bridgehead atoms. The molecule has 31 heavy (non-hydrogen) atoms. The van der Waals surface area contributed by atoms with Crippen LogP contribution in [0.3, 0.4) is 0 Å². The van der Waals surface area contributed by atoms with Crippen molar-refractivity contribution in [3.63, 3.8) is 0 Å². The van der Waals surface area contributed by atoms with Crippen LogP contribution in [0.25, 0.3) is 0 Å². The zero-order valence-electron chi connectivity index (χ0n) is 17.8. The quantitative estimate of drug-likeness (QED) is 0.660. The van der Waals surface area contributed by atoms with Gasteiger partial charge in [0.05, 0.1) is 39.0 Å². The fraction of sp³-hybridized carbons (Fsp3) is 0.455. The topological polar surface area (TPSA) is 58.6 Å². The maximum Gasteiger partial charge on any atom is 0.231 e. The Morgan fingerprint density at radius 3 is 2.45 bits per heavy atom. The lowest BCUT2D eigenvalue weighted by Crippen LogP contribution is -2.36. The van der Waals surface area contributed by atoms with Gasteiger partial charge in [-0.2, -0.15) is 0 Å². The van der Waals surface area contributed by atoms with Gasteiger partial charge in [-0.3, -0.25) is 4.90 Å². The fourth-order valence-corrected chi connectivity index (χ4v) is 5.20. The smallest absolute Gasteiger partial charge is 0.231 e. The SMILES string of the molecule is COc1ccc2c(c1OC)CO[C@@H]2C1c2c(c(Cl)c3c(c2OC)OCO3)CCN1C.Cl. The van der Waals surface area contributed by atoms with Crippen molar-refractivity contribution < 1.29 is 28.4 Å². The number of likely N-dealkylation sites (N-methyl/N-ethyl adjacent to an activating group) is 1. The largest absolute Gasteiger partial charge is 0.493 e. The molecule has 5 rings (SSSR count). The highest BCUT2D eigenvalue weighted by Gasteiger charge is 2.44. The van der Waals surface area contributed by atoms with E-state index in [4.69, 9.17) is 40.0 Å². The molecule has 0 aromatic heterocycles. The Labute approximate surface area is 192 Å². The number of hydrogen-bond acceptors (Lipinski definition) is 7. The second-order valence-electron chi connectivity index (χ2n) is 7.58. The Morgan fingerprint density at radius 2 is 1.74 bits per heavy atom. The molecule has 168 valence electrons. The van der Waals surface area contributed by atoms with E-state index in [1.54, 1.807) is 21.3 Å². The van der Waals surface area contributed by atoms with Gasteiger partial charge in [-0.25, -0.2) is 0 Å². The van der Waals surface area contributed by atoms with E-state index in [9.17, 15) is 0 Å². The molecule has 0 saturated carbocycles. The van der Waals surface area contributed by atoms with Crippen LogP contribution in [0.5, 0.6) is 28.7 Å². The summed E-state index contributed by atoms with van der Waals surface area (Å²) in [6.07, 6.45) is 0.578. The molecular weight excluding hydrogens is 445 g/mol. The first kappa shape index (κ1) is 22.1. The molecule has 7 nitrogen and oxygen atoms in total. The Kier molecular flexibility index (Phi) is 6.05. The van der Waals surface area contributed by atoms with Crippen LogP contribution in [0.1, 0.15) is 34.4 Å².